The highest BCUT2D eigenvalue weighted by molar-refractivity contribution is 8.00. The van der Waals surface area contributed by atoms with Crippen molar-refractivity contribution in [2.45, 2.75) is 18.9 Å². The molecule has 0 bridgehead atoms. The molecule has 0 aliphatic heterocycles. The third-order valence-corrected chi connectivity index (χ3v) is 5.64. The number of rotatable bonds is 5. The number of hydrogen-bond donors (Lipinski definition) is 1. The Kier molecular flexibility index (Phi) is 6.37. The smallest absolute Gasteiger partial charge is 0.174 e. The second-order valence-electron chi connectivity index (χ2n) is 6.46. The van der Waals surface area contributed by atoms with Gasteiger partial charge in [0, 0.05) is 27.5 Å². The molecule has 3 rings (SSSR count). The Labute approximate surface area is 183 Å². The molecule has 148 valence electrons. The number of anilines is 1. The fraction of sp³-hybridized carbons (Fsp3) is 0.136. The fourth-order valence-corrected chi connectivity index (χ4v) is 4.00. The second kappa shape index (κ2) is 8.96. The van der Waals surface area contributed by atoms with Crippen molar-refractivity contribution in [2.24, 2.45) is 0 Å². The molecule has 8 heteroatoms. The van der Waals surface area contributed by atoms with Crippen molar-refractivity contribution in [3.05, 3.63) is 69.5 Å². The van der Waals surface area contributed by atoms with Gasteiger partial charge in [-0.3, -0.25) is 9.78 Å². The van der Waals surface area contributed by atoms with E-state index in [9.17, 15) is 15.3 Å². The van der Waals surface area contributed by atoms with Gasteiger partial charge in [-0.15, -0.1) is 0 Å². The Morgan fingerprint density at radius 2 is 1.73 bits per heavy atom. The predicted octanol–water partition coefficient (Wildman–Crippen LogP) is 4.71. The maximum Gasteiger partial charge on any atom is 0.174 e. The van der Waals surface area contributed by atoms with Gasteiger partial charge in [0.25, 0.3) is 0 Å². The molecule has 0 fully saturated rings. The number of nitrogen functional groups attached to an aromatic ring is 1. The van der Waals surface area contributed by atoms with Crippen LogP contribution < -0.4 is 5.73 Å². The molecule has 0 amide bonds. The number of carbonyl (C=O) groups is 1. The molecule has 2 aromatic heterocycles. The van der Waals surface area contributed by atoms with Crippen molar-refractivity contribution < 1.29 is 4.79 Å². The van der Waals surface area contributed by atoms with Crippen molar-refractivity contribution >= 4 is 35.0 Å². The maximum absolute atomic E-state index is 12.7. The summed E-state index contributed by atoms with van der Waals surface area (Å²) in [5, 5.41) is 20.2. The second-order valence-corrected chi connectivity index (χ2v) is 7.86. The minimum atomic E-state index is -0.133. The maximum atomic E-state index is 12.7. The Bertz CT molecular complexity index is 1230. The number of benzene rings is 1. The molecule has 2 N–H and O–H groups in total. The average Bonchev–Trinajstić information content (AvgIpc) is 2.72. The molecule has 0 unspecified atom stereocenters. The van der Waals surface area contributed by atoms with Gasteiger partial charge < -0.3 is 5.73 Å². The first-order chi connectivity index (χ1) is 14.3. The van der Waals surface area contributed by atoms with Gasteiger partial charge in [-0.1, -0.05) is 35.5 Å². The number of ketones is 1. The van der Waals surface area contributed by atoms with E-state index < -0.39 is 0 Å². The molecule has 6 nitrogen and oxygen atoms in total. The quantitative estimate of drug-likeness (QED) is 0.457. The van der Waals surface area contributed by atoms with E-state index in [-0.39, 0.29) is 28.5 Å². The fourth-order valence-electron chi connectivity index (χ4n) is 3.00. The van der Waals surface area contributed by atoms with E-state index in [0.29, 0.717) is 32.4 Å². The van der Waals surface area contributed by atoms with Crippen molar-refractivity contribution in [1.29, 1.82) is 10.5 Å². The highest BCUT2D eigenvalue weighted by Crippen LogP contribution is 2.36. The number of hydrogen-bond acceptors (Lipinski definition) is 7. The van der Waals surface area contributed by atoms with Gasteiger partial charge in [0.1, 0.15) is 28.5 Å². The average molecular weight is 434 g/mol. The van der Waals surface area contributed by atoms with Crippen LogP contribution in [0.15, 0.2) is 41.4 Å². The van der Waals surface area contributed by atoms with E-state index in [2.05, 4.69) is 16.0 Å². The van der Waals surface area contributed by atoms with E-state index in [1.54, 1.807) is 43.3 Å². The summed E-state index contributed by atoms with van der Waals surface area (Å²) in [7, 11) is 0. The number of halogens is 1. The summed E-state index contributed by atoms with van der Waals surface area (Å²) in [5.74, 6) is -0.0743. The van der Waals surface area contributed by atoms with E-state index in [1.807, 2.05) is 13.0 Å². The topological polar surface area (TPSA) is 116 Å². The zero-order chi connectivity index (χ0) is 21.8. The monoisotopic (exact) mass is 433 g/mol. The highest BCUT2D eigenvalue weighted by atomic mass is 35.5. The molecular weight excluding hydrogens is 418 g/mol. The summed E-state index contributed by atoms with van der Waals surface area (Å²) in [5.41, 5.74) is 9.31. The molecule has 0 saturated heterocycles. The van der Waals surface area contributed by atoms with Crippen molar-refractivity contribution in [3.63, 3.8) is 0 Å². The van der Waals surface area contributed by atoms with E-state index in [0.717, 1.165) is 17.5 Å². The Morgan fingerprint density at radius 3 is 2.33 bits per heavy atom. The molecule has 0 radical (unpaired) electrons. The van der Waals surface area contributed by atoms with Crippen LogP contribution in [0.1, 0.15) is 32.9 Å². The van der Waals surface area contributed by atoms with Gasteiger partial charge in [0.05, 0.1) is 11.3 Å². The summed E-state index contributed by atoms with van der Waals surface area (Å²) in [6.07, 6.45) is 0. The number of pyridine rings is 2. The van der Waals surface area contributed by atoms with Crippen LogP contribution in [-0.4, -0.2) is 21.5 Å². The molecule has 1 aromatic carbocycles. The molecular formula is C22H16ClN5OS. The Morgan fingerprint density at radius 1 is 1.07 bits per heavy atom. The number of nitrogens with two attached hydrogens (primary N) is 1. The summed E-state index contributed by atoms with van der Waals surface area (Å²) < 4.78 is 0. The van der Waals surface area contributed by atoms with Gasteiger partial charge in [0.2, 0.25) is 0 Å². The number of aromatic nitrogens is 2. The van der Waals surface area contributed by atoms with Gasteiger partial charge in [-0.25, -0.2) is 4.98 Å². The SMILES string of the molecule is Cc1ccc(C(=O)CSc2nc(N)c(C#N)c(-c3ccc(Cl)cc3)c2C#N)c(C)n1. The van der Waals surface area contributed by atoms with Gasteiger partial charge >= 0.3 is 0 Å². The highest BCUT2D eigenvalue weighted by Gasteiger charge is 2.21. The van der Waals surface area contributed by atoms with Crippen LogP contribution >= 0.6 is 23.4 Å². The van der Waals surface area contributed by atoms with E-state index >= 15 is 0 Å². The third-order valence-electron chi connectivity index (χ3n) is 4.41. The zero-order valence-electron chi connectivity index (χ0n) is 16.2. The van der Waals surface area contributed by atoms with Crippen molar-refractivity contribution in [2.75, 3.05) is 11.5 Å². The normalized spacial score (nSPS) is 10.3. The van der Waals surface area contributed by atoms with Crippen molar-refractivity contribution in [3.8, 4) is 23.3 Å². The van der Waals surface area contributed by atoms with Crippen LogP contribution in [0.25, 0.3) is 11.1 Å². The predicted molar refractivity (Wildman–Crippen MR) is 117 cm³/mol. The molecule has 2 heterocycles. The Hall–Kier alpha value is -3.39. The molecule has 0 atom stereocenters. The molecule has 0 aliphatic rings. The summed E-state index contributed by atoms with van der Waals surface area (Å²) in [4.78, 5) is 21.2. The third kappa shape index (κ3) is 4.28. The molecule has 3 aromatic rings. The standard InChI is InChI=1S/C22H16ClN5OS/c1-12-3-8-16(13(2)27-12)19(29)11-30-22-18(10-25)20(17(9-24)21(26)28-22)14-4-6-15(23)7-5-14/h3-8H,11H2,1-2H3,(H2,26,28). The summed E-state index contributed by atoms with van der Waals surface area (Å²) >= 11 is 7.07. The lowest BCUT2D eigenvalue weighted by atomic mass is 9.97. The lowest BCUT2D eigenvalue weighted by Gasteiger charge is -2.13. The summed E-state index contributed by atoms with van der Waals surface area (Å²) in [6.45, 7) is 3.64. The first kappa shape index (κ1) is 21.3. The molecule has 0 saturated carbocycles. The van der Waals surface area contributed by atoms with E-state index in [1.165, 1.54) is 0 Å². The molecule has 30 heavy (non-hydrogen) atoms. The molecule has 0 aliphatic carbocycles. The largest absolute Gasteiger partial charge is 0.383 e. The minimum absolute atomic E-state index is 0.00424. The minimum Gasteiger partial charge on any atom is -0.383 e. The van der Waals surface area contributed by atoms with Crippen LogP contribution in [0.3, 0.4) is 0 Å². The number of carbonyl (C=O) groups excluding carboxylic acids is 1. The van der Waals surface area contributed by atoms with Crippen LogP contribution in [0, 0.1) is 36.5 Å². The first-order valence-electron chi connectivity index (χ1n) is 8.85. The number of Topliss-reactive ketones (excluding diaryl/α,β-unsaturated/α-hetero) is 1. The van der Waals surface area contributed by atoms with Gasteiger partial charge in [0.15, 0.2) is 5.78 Å². The van der Waals surface area contributed by atoms with E-state index in [4.69, 9.17) is 17.3 Å². The zero-order valence-corrected chi connectivity index (χ0v) is 17.8. The van der Waals surface area contributed by atoms with Crippen LogP contribution in [-0.2, 0) is 0 Å². The number of nitriles is 2. The van der Waals surface area contributed by atoms with Crippen LogP contribution in [0.2, 0.25) is 5.02 Å². The van der Waals surface area contributed by atoms with Crippen molar-refractivity contribution in [1.82, 2.24) is 9.97 Å². The number of thioether (sulfide) groups is 1. The van der Waals surface area contributed by atoms with Gasteiger partial charge in [-0.05, 0) is 43.7 Å². The van der Waals surface area contributed by atoms with Crippen LogP contribution in [0.4, 0.5) is 5.82 Å². The first-order valence-corrected chi connectivity index (χ1v) is 10.2. The lowest BCUT2D eigenvalue weighted by Crippen LogP contribution is -2.08. The molecule has 0 spiro atoms. The van der Waals surface area contributed by atoms with Crippen LogP contribution in [0.5, 0.6) is 0 Å². The summed E-state index contributed by atoms with van der Waals surface area (Å²) in [6, 6.07) is 14.4. The number of aryl methyl sites for hydroxylation is 2. The van der Waals surface area contributed by atoms with Gasteiger partial charge in [-0.2, -0.15) is 10.5 Å². The Balaban J connectivity index is 2.01. The number of nitrogens with zero attached hydrogens (tertiary/aromatic N) is 4. The lowest BCUT2D eigenvalue weighted by molar-refractivity contribution is 0.102.